The van der Waals surface area contributed by atoms with Gasteiger partial charge in [0.25, 0.3) is 6.43 Å². The average molecular weight is 466 g/mol. The second kappa shape index (κ2) is 10.5. The van der Waals surface area contributed by atoms with Gasteiger partial charge in [-0.25, -0.2) is 13.8 Å². The van der Waals surface area contributed by atoms with E-state index in [1.807, 2.05) is 36.4 Å². The summed E-state index contributed by atoms with van der Waals surface area (Å²) < 4.78 is 26.5. The third kappa shape index (κ3) is 5.05. The van der Waals surface area contributed by atoms with Gasteiger partial charge >= 0.3 is 0 Å². The molecule has 0 bridgehead atoms. The first-order chi connectivity index (χ1) is 16.4. The lowest BCUT2D eigenvalue weighted by Crippen LogP contribution is -2.42. The van der Waals surface area contributed by atoms with Crippen LogP contribution in [0.5, 0.6) is 0 Å². The highest BCUT2D eigenvalue weighted by Gasteiger charge is 2.32. The van der Waals surface area contributed by atoms with Crippen molar-refractivity contribution < 1.29 is 19.0 Å². The molecule has 1 fully saturated rings. The Kier molecular flexibility index (Phi) is 7.42. The van der Waals surface area contributed by atoms with Crippen molar-refractivity contribution in [2.45, 2.75) is 56.4 Å². The number of benzene rings is 2. The Labute approximate surface area is 198 Å². The molecule has 0 spiro atoms. The smallest absolute Gasteiger partial charge is 0.250 e. The molecule has 0 amide bonds. The van der Waals surface area contributed by atoms with Crippen molar-refractivity contribution in [3.05, 3.63) is 77.9 Å². The van der Waals surface area contributed by atoms with Crippen LogP contribution in [0.2, 0.25) is 0 Å². The van der Waals surface area contributed by atoms with Gasteiger partial charge in [0, 0.05) is 18.4 Å². The number of hydrogen-bond acceptors (Lipinski definition) is 4. The lowest BCUT2D eigenvalue weighted by molar-refractivity contribution is 0.127. The van der Waals surface area contributed by atoms with Gasteiger partial charge < -0.3 is 20.1 Å². The topological polar surface area (TPSA) is 70.3 Å². The highest BCUT2D eigenvalue weighted by atomic mass is 19.3. The highest BCUT2D eigenvalue weighted by Crippen LogP contribution is 2.41. The van der Waals surface area contributed by atoms with E-state index in [0.717, 1.165) is 24.0 Å². The number of aliphatic hydroxyl groups excluding tert-OH is 2. The molecule has 1 aromatic heterocycles. The van der Waals surface area contributed by atoms with Crippen LogP contribution in [0.4, 0.5) is 8.78 Å². The Morgan fingerprint density at radius 2 is 1.85 bits per heavy atom. The van der Waals surface area contributed by atoms with Crippen LogP contribution in [0.15, 0.2) is 60.9 Å². The number of halogens is 2. The molecule has 7 heteroatoms. The molecule has 3 unspecified atom stereocenters. The van der Waals surface area contributed by atoms with E-state index in [9.17, 15) is 19.0 Å². The van der Waals surface area contributed by atoms with E-state index >= 15 is 0 Å². The normalized spacial score (nSPS) is 20.4. The predicted octanol–water partition coefficient (Wildman–Crippen LogP) is 4.61. The Balaban J connectivity index is 1.50. The molecule has 0 radical (unpaired) electrons. The maximum Gasteiger partial charge on any atom is 0.250 e. The van der Waals surface area contributed by atoms with Gasteiger partial charge in [0.05, 0.1) is 6.54 Å². The molecule has 5 nitrogen and oxygen atoms in total. The zero-order chi connectivity index (χ0) is 24.2. The summed E-state index contributed by atoms with van der Waals surface area (Å²) in [5.74, 6) is 3.33. The minimum atomic E-state index is -2.33. The fourth-order valence-corrected chi connectivity index (χ4v) is 4.66. The van der Waals surface area contributed by atoms with Crippen molar-refractivity contribution in [2.75, 3.05) is 6.54 Å². The van der Waals surface area contributed by atoms with Crippen LogP contribution < -0.4 is 5.32 Å². The van der Waals surface area contributed by atoms with Gasteiger partial charge in [-0.3, -0.25) is 0 Å². The van der Waals surface area contributed by atoms with Gasteiger partial charge in [-0.1, -0.05) is 54.5 Å². The average Bonchev–Trinajstić information content (AvgIpc) is 3.29. The molecule has 0 saturated heterocycles. The number of terminal acetylenes is 1. The lowest BCUT2D eigenvalue weighted by Gasteiger charge is -2.37. The number of aromatic nitrogens is 2. The van der Waals surface area contributed by atoms with Crippen molar-refractivity contribution in [1.82, 2.24) is 14.9 Å². The monoisotopic (exact) mass is 465 g/mol. The van der Waals surface area contributed by atoms with E-state index < -0.39 is 24.7 Å². The molecule has 3 atom stereocenters. The number of rotatable bonds is 9. The first-order valence-corrected chi connectivity index (χ1v) is 11.4. The maximum atomic E-state index is 12.5. The van der Waals surface area contributed by atoms with E-state index in [2.05, 4.69) is 28.4 Å². The summed E-state index contributed by atoms with van der Waals surface area (Å²) >= 11 is 0. The number of alkyl halides is 2. The van der Waals surface area contributed by atoms with Crippen molar-refractivity contribution in [1.29, 1.82) is 0 Å². The number of hydrogen-bond donors (Lipinski definition) is 3. The first kappa shape index (κ1) is 24.1. The van der Waals surface area contributed by atoms with Gasteiger partial charge in [0.2, 0.25) is 0 Å². The van der Waals surface area contributed by atoms with Crippen LogP contribution >= 0.6 is 0 Å². The molecule has 1 saturated carbocycles. The zero-order valence-corrected chi connectivity index (χ0v) is 19.0. The Morgan fingerprint density at radius 1 is 1.15 bits per heavy atom. The molecule has 3 N–H and O–H groups in total. The maximum absolute atomic E-state index is 12.5. The van der Waals surface area contributed by atoms with Gasteiger partial charge in [0.1, 0.15) is 24.1 Å². The van der Waals surface area contributed by atoms with Crippen LogP contribution in [0, 0.1) is 12.3 Å². The second-order valence-corrected chi connectivity index (χ2v) is 8.80. The summed E-state index contributed by atoms with van der Waals surface area (Å²) in [6.45, 7) is 1.34. The van der Waals surface area contributed by atoms with Crippen LogP contribution in [0.3, 0.4) is 0 Å². The van der Waals surface area contributed by atoms with Gasteiger partial charge in [-0.15, -0.1) is 6.42 Å². The molecular weight excluding hydrogens is 436 g/mol. The van der Waals surface area contributed by atoms with E-state index in [4.69, 9.17) is 6.42 Å². The van der Waals surface area contributed by atoms with Crippen LogP contribution in [-0.4, -0.2) is 38.8 Å². The molecule has 1 aliphatic rings. The summed E-state index contributed by atoms with van der Waals surface area (Å²) in [5, 5.41) is 23.9. The van der Waals surface area contributed by atoms with Gasteiger partial charge in [-0.2, -0.15) is 0 Å². The Bertz CT molecular complexity index is 1130. The fraction of sp³-hybridized carbons (Fsp3) is 0.370. The number of nitrogens with one attached hydrogen (secondary N) is 1. The molecule has 2 aromatic carbocycles. The van der Waals surface area contributed by atoms with E-state index in [1.54, 1.807) is 23.9 Å². The van der Waals surface area contributed by atoms with E-state index in [0.29, 0.717) is 17.3 Å². The van der Waals surface area contributed by atoms with Crippen molar-refractivity contribution in [3.8, 4) is 23.5 Å². The number of aliphatic hydroxyl groups is 2. The van der Waals surface area contributed by atoms with Crippen molar-refractivity contribution in [3.63, 3.8) is 0 Å². The minimum Gasteiger partial charge on any atom is -0.385 e. The quantitative estimate of drug-likeness (QED) is 0.404. The largest absolute Gasteiger partial charge is 0.385 e. The molecule has 4 rings (SSSR count). The summed E-state index contributed by atoms with van der Waals surface area (Å²) in [7, 11) is 0. The fourth-order valence-electron chi connectivity index (χ4n) is 4.66. The summed E-state index contributed by atoms with van der Waals surface area (Å²) in [4.78, 5) is 4.14. The molecule has 1 heterocycles. The number of imidazole rings is 1. The third-order valence-electron chi connectivity index (χ3n) is 6.50. The molecule has 0 aliphatic heterocycles. The minimum absolute atomic E-state index is 0.125. The van der Waals surface area contributed by atoms with Crippen LogP contribution in [0.1, 0.15) is 60.9 Å². The number of nitrogens with zero attached hydrogens (tertiary/aromatic N) is 2. The lowest BCUT2D eigenvalue weighted by atomic mass is 9.73. The summed E-state index contributed by atoms with van der Waals surface area (Å²) in [5.41, 5.74) is 3.97. The van der Waals surface area contributed by atoms with Crippen molar-refractivity contribution >= 4 is 0 Å². The predicted molar refractivity (Wildman–Crippen MR) is 127 cm³/mol. The summed E-state index contributed by atoms with van der Waals surface area (Å²) in [6.07, 6.45) is 6.48. The first-order valence-electron chi connectivity index (χ1n) is 11.4. The Morgan fingerprint density at radius 3 is 2.50 bits per heavy atom. The Hall–Kier alpha value is -3.05. The summed E-state index contributed by atoms with van der Waals surface area (Å²) in [6, 6.07) is 15.2. The highest BCUT2D eigenvalue weighted by molar-refractivity contribution is 5.68. The second-order valence-electron chi connectivity index (χ2n) is 8.80. The van der Waals surface area contributed by atoms with E-state index in [-0.39, 0.29) is 12.6 Å². The van der Waals surface area contributed by atoms with Gasteiger partial charge in [-0.05, 0) is 47.9 Å². The van der Waals surface area contributed by atoms with Crippen LogP contribution in [0.25, 0.3) is 11.1 Å². The van der Waals surface area contributed by atoms with Crippen LogP contribution in [-0.2, 0) is 0 Å². The molecule has 34 heavy (non-hydrogen) atoms. The SMILES string of the molecule is C#CC(C(O)c1ccc(-c2ccccc2C2CC(NCC(F)F)C2)cc1)n1ccnc1C(C)O. The molecule has 3 aromatic rings. The molecule has 1 aliphatic carbocycles. The van der Waals surface area contributed by atoms with Crippen molar-refractivity contribution in [2.24, 2.45) is 0 Å². The molecule has 178 valence electrons. The van der Waals surface area contributed by atoms with Gasteiger partial charge in [0.15, 0.2) is 0 Å². The molecular formula is C27H29F2N3O2. The standard InChI is InChI=1S/C27H29F2N3O2/c1-3-24(32-13-12-30-27(32)17(2)33)26(34)19-10-8-18(9-11-19)22-6-4-5-7-23(22)20-14-21(15-20)31-16-25(28)29/h1,4-13,17,20-21,24-26,31,33-34H,14-16H2,2H3. The zero-order valence-electron chi connectivity index (χ0n) is 19.0. The third-order valence-corrected chi connectivity index (χ3v) is 6.50. The van der Waals surface area contributed by atoms with E-state index in [1.165, 1.54) is 5.56 Å².